The Balaban J connectivity index is 1.60. The van der Waals surface area contributed by atoms with Gasteiger partial charge in [-0.2, -0.15) is 0 Å². The average Bonchev–Trinajstić information content (AvgIpc) is 2.63. The SMILES string of the molecule is Cc1ccccc1Nc1cnc(C(=O)NCc2ccc(F)cc2)cn1. The van der Waals surface area contributed by atoms with Crippen LogP contribution in [0.4, 0.5) is 15.9 Å². The molecule has 2 N–H and O–H groups in total. The van der Waals surface area contributed by atoms with Crippen molar-refractivity contribution in [2.24, 2.45) is 0 Å². The highest BCUT2D eigenvalue weighted by molar-refractivity contribution is 5.92. The molecule has 1 aromatic heterocycles. The second-order valence-electron chi connectivity index (χ2n) is 5.54. The van der Waals surface area contributed by atoms with Crippen molar-refractivity contribution in [3.63, 3.8) is 0 Å². The summed E-state index contributed by atoms with van der Waals surface area (Å²) in [5.41, 5.74) is 3.05. The molecule has 2 aromatic carbocycles. The molecule has 5 nitrogen and oxygen atoms in total. The van der Waals surface area contributed by atoms with Crippen LogP contribution in [0.25, 0.3) is 0 Å². The van der Waals surface area contributed by atoms with Gasteiger partial charge in [0.1, 0.15) is 17.3 Å². The van der Waals surface area contributed by atoms with E-state index in [0.29, 0.717) is 12.4 Å². The van der Waals surface area contributed by atoms with Gasteiger partial charge in [0.2, 0.25) is 0 Å². The maximum Gasteiger partial charge on any atom is 0.271 e. The summed E-state index contributed by atoms with van der Waals surface area (Å²) < 4.78 is 12.9. The number of amides is 1. The molecule has 6 heteroatoms. The summed E-state index contributed by atoms with van der Waals surface area (Å²) in [4.78, 5) is 20.5. The fourth-order valence-electron chi connectivity index (χ4n) is 2.24. The van der Waals surface area contributed by atoms with Crippen LogP contribution in [0.2, 0.25) is 0 Å². The Labute approximate surface area is 145 Å². The predicted octanol–water partition coefficient (Wildman–Crippen LogP) is 3.60. The molecule has 0 aliphatic carbocycles. The van der Waals surface area contributed by atoms with E-state index in [1.54, 1.807) is 12.1 Å². The van der Waals surface area contributed by atoms with Gasteiger partial charge in [-0.15, -0.1) is 0 Å². The molecule has 0 bridgehead atoms. The summed E-state index contributed by atoms with van der Waals surface area (Å²) >= 11 is 0. The number of anilines is 2. The molecule has 3 aromatic rings. The van der Waals surface area contributed by atoms with Crippen molar-refractivity contribution in [2.45, 2.75) is 13.5 Å². The summed E-state index contributed by atoms with van der Waals surface area (Å²) in [5, 5.41) is 5.89. The van der Waals surface area contributed by atoms with Crippen molar-refractivity contribution in [1.29, 1.82) is 0 Å². The minimum atomic E-state index is -0.334. The highest BCUT2D eigenvalue weighted by Gasteiger charge is 2.08. The van der Waals surface area contributed by atoms with Gasteiger partial charge in [-0.1, -0.05) is 30.3 Å². The third-order valence-corrected chi connectivity index (χ3v) is 3.66. The average molecular weight is 336 g/mol. The van der Waals surface area contributed by atoms with Crippen molar-refractivity contribution in [3.8, 4) is 0 Å². The fourth-order valence-corrected chi connectivity index (χ4v) is 2.24. The van der Waals surface area contributed by atoms with Crippen LogP contribution in [0.1, 0.15) is 21.6 Å². The van der Waals surface area contributed by atoms with Gasteiger partial charge in [-0.05, 0) is 36.2 Å². The van der Waals surface area contributed by atoms with E-state index in [-0.39, 0.29) is 17.4 Å². The molecule has 0 aliphatic rings. The van der Waals surface area contributed by atoms with E-state index in [1.807, 2.05) is 31.2 Å². The molecule has 1 heterocycles. The van der Waals surface area contributed by atoms with Crippen LogP contribution in [0, 0.1) is 12.7 Å². The van der Waals surface area contributed by atoms with E-state index in [4.69, 9.17) is 0 Å². The fraction of sp³-hybridized carbons (Fsp3) is 0.105. The normalized spacial score (nSPS) is 10.3. The van der Waals surface area contributed by atoms with E-state index in [0.717, 1.165) is 16.8 Å². The minimum absolute atomic E-state index is 0.220. The summed E-state index contributed by atoms with van der Waals surface area (Å²) in [7, 11) is 0. The number of para-hydroxylation sites is 1. The Kier molecular flexibility index (Phi) is 4.99. The predicted molar refractivity (Wildman–Crippen MR) is 94.1 cm³/mol. The molecule has 0 unspecified atom stereocenters. The largest absolute Gasteiger partial charge is 0.347 e. The summed E-state index contributed by atoms with van der Waals surface area (Å²) in [6.07, 6.45) is 2.93. The van der Waals surface area contributed by atoms with Crippen LogP contribution in [-0.4, -0.2) is 15.9 Å². The number of carbonyl (C=O) groups excluding carboxylic acids is 1. The van der Waals surface area contributed by atoms with Crippen LogP contribution in [-0.2, 0) is 6.54 Å². The highest BCUT2D eigenvalue weighted by atomic mass is 19.1. The van der Waals surface area contributed by atoms with E-state index in [1.165, 1.54) is 24.5 Å². The van der Waals surface area contributed by atoms with Crippen LogP contribution in [0.3, 0.4) is 0 Å². The number of nitrogens with one attached hydrogen (secondary N) is 2. The molecule has 0 atom stereocenters. The molecule has 1 amide bonds. The van der Waals surface area contributed by atoms with Gasteiger partial charge in [0.25, 0.3) is 5.91 Å². The summed E-state index contributed by atoms with van der Waals surface area (Å²) in [6.45, 7) is 2.29. The zero-order valence-corrected chi connectivity index (χ0v) is 13.7. The third kappa shape index (κ3) is 4.38. The molecular weight excluding hydrogens is 319 g/mol. The smallest absolute Gasteiger partial charge is 0.271 e. The molecule has 126 valence electrons. The number of carbonyl (C=O) groups is 1. The quantitative estimate of drug-likeness (QED) is 0.747. The molecule has 3 rings (SSSR count). The van der Waals surface area contributed by atoms with Crippen molar-refractivity contribution < 1.29 is 9.18 Å². The standard InChI is InChI=1S/C19H17FN4O/c1-13-4-2-3-5-16(13)24-18-12-21-17(11-22-18)19(25)23-10-14-6-8-15(20)9-7-14/h2-9,11-12H,10H2,1H3,(H,22,24)(H,23,25). The monoisotopic (exact) mass is 336 g/mol. The van der Waals surface area contributed by atoms with Crippen molar-refractivity contribution in [1.82, 2.24) is 15.3 Å². The van der Waals surface area contributed by atoms with Gasteiger partial charge in [0, 0.05) is 12.2 Å². The van der Waals surface area contributed by atoms with E-state index in [9.17, 15) is 9.18 Å². The third-order valence-electron chi connectivity index (χ3n) is 3.66. The Bertz CT molecular complexity index is 863. The molecule has 0 aliphatic heterocycles. The number of hydrogen-bond acceptors (Lipinski definition) is 4. The molecule has 0 spiro atoms. The molecule has 0 radical (unpaired) electrons. The number of halogens is 1. The lowest BCUT2D eigenvalue weighted by Gasteiger charge is -2.09. The number of aryl methyl sites for hydroxylation is 1. The van der Waals surface area contributed by atoms with Crippen molar-refractivity contribution in [2.75, 3.05) is 5.32 Å². The molecule has 0 saturated carbocycles. The maximum absolute atomic E-state index is 12.9. The molecular formula is C19H17FN4O. The molecule has 0 fully saturated rings. The van der Waals surface area contributed by atoms with Gasteiger partial charge < -0.3 is 10.6 Å². The molecule has 0 saturated heterocycles. The second kappa shape index (κ2) is 7.53. The van der Waals surface area contributed by atoms with Gasteiger partial charge in [0.15, 0.2) is 0 Å². The second-order valence-corrected chi connectivity index (χ2v) is 5.54. The number of benzene rings is 2. The van der Waals surface area contributed by atoms with Crippen molar-refractivity contribution >= 4 is 17.4 Å². The van der Waals surface area contributed by atoms with Gasteiger partial charge >= 0.3 is 0 Å². The summed E-state index contributed by atoms with van der Waals surface area (Å²) in [6, 6.07) is 13.8. The first kappa shape index (κ1) is 16.6. The van der Waals surface area contributed by atoms with E-state index >= 15 is 0 Å². The zero-order valence-electron chi connectivity index (χ0n) is 13.7. The first-order chi connectivity index (χ1) is 12.1. The first-order valence-corrected chi connectivity index (χ1v) is 7.79. The Morgan fingerprint density at radius 3 is 2.48 bits per heavy atom. The zero-order chi connectivity index (χ0) is 17.6. The Morgan fingerprint density at radius 1 is 1.04 bits per heavy atom. The van der Waals surface area contributed by atoms with Gasteiger partial charge in [-0.25, -0.2) is 14.4 Å². The van der Waals surface area contributed by atoms with Crippen LogP contribution in [0.15, 0.2) is 60.9 Å². The van der Waals surface area contributed by atoms with Crippen LogP contribution in [0.5, 0.6) is 0 Å². The van der Waals surface area contributed by atoms with Gasteiger partial charge in [0.05, 0.1) is 12.4 Å². The van der Waals surface area contributed by atoms with E-state index in [2.05, 4.69) is 20.6 Å². The van der Waals surface area contributed by atoms with Crippen molar-refractivity contribution in [3.05, 3.63) is 83.6 Å². The first-order valence-electron chi connectivity index (χ1n) is 7.79. The lowest BCUT2D eigenvalue weighted by molar-refractivity contribution is 0.0945. The topological polar surface area (TPSA) is 66.9 Å². The lowest BCUT2D eigenvalue weighted by Crippen LogP contribution is -2.24. The lowest BCUT2D eigenvalue weighted by atomic mass is 10.2. The Morgan fingerprint density at radius 2 is 1.80 bits per heavy atom. The number of hydrogen-bond donors (Lipinski definition) is 2. The van der Waals surface area contributed by atoms with Gasteiger partial charge in [-0.3, -0.25) is 4.79 Å². The van der Waals surface area contributed by atoms with Crippen LogP contribution >= 0.6 is 0 Å². The van der Waals surface area contributed by atoms with E-state index < -0.39 is 0 Å². The number of aromatic nitrogens is 2. The minimum Gasteiger partial charge on any atom is -0.347 e. The number of rotatable bonds is 5. The Hall–Kier alpha value is -3.28. The highest BCUT2D eigenvalue weighted by Crippen LogP contribution is 2.17. The molecule has 25 heavy (non-hydrogen) atoms. The maximum atomic E-state index is 12.9. The summed E-state index contributed by atoms with van der Waals surface area (Å²) in [5.74, 6) is -0.0821. The number of nitrogens with zero attached hydrogens (tertiary/aromatic N) is 2. The van der Waals surface area contributed by atoms with Crippen LogP contribution < -0.4 is 10.6 Å².